The smallest absolute Gasteiger partial charge is 0.263 e. The van der Waals surface area contributed by atoms with Crippen molar-refractivity contribution in [2.75, 3.05) is 7.05 Å². The molecule has 2 rings (SSSR count). The third-order valence-corrected chi connectivity index (χ3v) is 3.42. The van der Waals surface area contributed by atoms with Crippen molar-refractivity contribution in [3.05, 3.63) is 21.3 Å². The third kappa shape index (κ3) is 1.86. The van der Waals surface area contributed by atoms with Gasteiger partial charge < -0.3 is 4.90 Å². The fraction of sp³-hybridized carbons (Fsp3) is 0.444. The summed E-state index contributed by atoms with van der Waals surface area (Å²) in [6.45, 7) is 0. The van der Waals surface area contributed by atoms with Gasteiger partial charge in [0.05, 0.1) is 9.21 Å². The SMILES string of the molecule is CN(C(=O)c1ccc(Cl)s1)C1CC1. The second kappa shape index (κ2) is 3.31. The van der Waals surface area contributed by atoms with Gasteiger partial charge in [-0.05, 0) is 25.0 Å². The quantitative estimate of drug-likeness (QED) is 0.743. The number of amides is 1. The number of halogens is 1. The van der Waals surface area contributed by atoms with E-state index >= 15 is 0 Å². The summed E-state index contributed by atoms with van der Waals surface area (Å²) in [6.07, 6.45) is 2.28. The van der Waals surface area contributed by atoms with Crippen LogP contribution in [0.4, 0.5) is 0 Å². The lowest BCUT2D eigenvalue weighted by atomic mass is 10.4. The molecule has 0 spiro atoms. The van der Waals surface area contributed by atoms with Crippen LogP contribution in [0.1, 0.15) is 22.5 Å². The van der Waals surface area contributed by atoms with Gasteiger partial charge in [-0.2, -0.15) is 0 Å². The fourth-order valence-corrected chi connectivity index (χ4v) is 2.26. The Balaban J connectivity index is 2.11. The monoisotopic (exact) mass is 215 g/mol. The Morgan fingerprint density at radius 2 is 2.31 bits per heavy atom. The predicted molar refractivity (Wildman–Crippen MR) is 54.4 cm³/mol. The van der Waals surface area contributed by atoms with E-state index in [0.29, 0.717) is 10.4 Å². The molecule has 1 aromatic heterocycles. The van der Waals surface area contributed by atoms with Crippen LogP contribution in [-0.2, 0) is 0 Å². The van der Waals surface area contributed by atoms with Gasteiger partial charge in [-0.15, -0.1) is 11.3 Å². The van der Waals surface area contributed by atoms with Crippen LogP contribution in [0.15, 0.2) is 12.1 Å². The van der Waals surface area contributed by atoms with Crippen molar-refractivity contribution >= 4 is 28.8 Å². The van der Waals surface area contributed by atoms with Crippen LogP contribution in [0.3, 0.4) is 0 Å². The Morgan fingerprint density at radius 1 is 1.62 bits per heavy atom. The highest BCUT2D eigenvalue weighted by atomic mass is 35.5. The minimum atomic E-state index is 0.0967. The average Bonchev–Trinajstić information content (AvgIpc) is 2.87. The zero-order chi connectivity index (χ0) is 9.42. The molecule has 4 heteroatoms. The molecule has 0 radical (unpaired) electrons. The molecule has 0 N–H and O–H groups in total. The van der Waals surface area contributed by atoms with Crippen molar-refractivity contribution in [3.63, 3.8) is 0 Å². The normalized spacial score (nSPS) is 15.8. The minimum absolute atomic E-state index is 0.0967. The van der Waals surface area contributed by atoms with E-state index in [2.05, 4.69) is 0 Å². The minimum Gasteiger partial charge on any atom is -0.338 e. The van der Waals surface area contributed by atoms with Crippen LogP contribution in [0.2, 0.25) is 4.34 Å². The second-order valence-electron chi connectivity index (χ2n) is 3.25. The van der Waals surface area contributed by atoms with Gasteiger partial charge >= 0.3 is 0 Å². The zero-order valence-corrected chi connectivity index (χ0v) is 8.86. The first-order chi connectivity index (χ1) is 6.18. The number of carbonyl (C=O) groups excluding carboxylic acids is 1. The van der Waals surface area contributed by atoms with Crippen LogP contribution in [0.25, 0.3) is 0 Å². The third-order valence-electron chi connectivity index (χ3n) is 2.20. The van der Waals surface area contributed by atoms with E-state index in [4.69, 9.17) is 11.6 Å². The summed E-state index contributed by atoms with van der Waals surface area (Å²) in [6, 6.07) is 4.02. The summed E-state index contributed by atoms with van der Waals surface area (Å²) in [5, 5.41) is 0. The van der Waals surface area contributed by atoms with Crippen molar-refractivity contribution in [2.45, 2.75) is 18.9 Å². The summed E-state index contributed by atoms with van der Waals surface area (Å²) in [5.74, 6) is 0.0967. The Kier molecular flexibility index (Phi) is 2.30. The molecule has 1 aliphatic rings. The van der Waals surface area contributed by atoms with Crippen LogP contribution in [-0.4, -0.2) is 23.9 Å². The maximum atomic E-state index is 11.7. The molecule has 1 aromatic rings. The van der Waals surface area contributed by atoms with Crippen molar-refractivity contribution in [1.82, 2.24) is 4.90 Å². The summed E-state index contributed by atoms with van der Waals surface area (Å²) < 4.78 is 0.674. The maximum absolute atomic E-state index is 11.7. The van der Waals surface area contributed by atoms with Crippen molar-refractivity contribution in [2.24, 2.45) is 0 Å². The first-order valence-electron chi connectivity index (χ1n) is 4.21. The highest BCUT2D eigenvalue weighted by molar-refractivity contribution is 7.17. The van der Waals surface area contributed by atoms with E-state index < -0.39 is 0 Å². The molecule has 13 heavy (non-hydrogen) atoms. The lowest BCUT2D eigenvalue weighted by molar-refractivity contribution is 0.0790. The van der Waals surface area contributed by atoms with Gasteiger partial charge in [0.25, 0.3) is 5.91 Å². The molecular formula is C9H10ClNOS. The Hall–Kier alpha value is -0.540. The van der Waals surface area contributed by atoms with Crippen molar-refractivity contribution in [3.8, 4) is 0 Å². The van der Waals surface area contributed by atoms with Gasteiger partial charge in [-0.3, -0.25) is 4.79 Å². The zero-order valence-electron chi connectivity index (χ0n) is 7.29. The van der Waals surface area contributed by atoms with Gasteiger partial charge in [-0.25, -0.2) is 0 Å². The van der Waals surface area contributed by atoms with Crippen LogP contribution >= 0.6 is 22.9 Å². The molecule has 1 amide bonds. The molecule has 0 unspecified atom stereocenters. The molecule has 2 nitrogen and oxygen atoms in total. The lowest BCUT2D eigenvalue weighted by Gasteiger charge is -2.14. The van der Waals surface area contributed by atoms with Gasteiger partial charge in [0.15, 0.2) is 0 Å². The highest BCUT2D eigenvalue weighted by Gasteiger charge is 2.30. The van der Waals surface area contributed by atoms with E-state index in [9.17, 15) is 4.79 Å². The number of hydrogen-bond acceptors (Lipinski definition) is 2. The summed E-state index contributed by atoms with van der Waals surface area (Å²) in [7, 11) is 1.85. The number of nitrogens with zero attached hydrogens (tertiary/aromatic N) is 1. The summed E-state index contributed by atoms with van der Waals surface area (Å²) >= 11 is 7.10. The number of thiophene rings is 1. The molecule has 1 heterocycles. The van der Waals surface area contributed by atoms with E-state index in [0.717, 1.165) is 17.7 Å². The Bertz CT molecular complexity index is 332. The molecule has 1 fully saturated rings. The van der Waals surface area contributed by atoms with E-state index in [1.54, 1.807) is 12.1 Å². The maximum Gasteiger partial charge on any atom is 0.263 e. The lowest BCUT2D eigenvalue weighted by Crippen LogP contribution is -2.27. The van der Waals surface area contributed by atoms with Crippen LogP contribution in [0, 0.1) is 0 Å². The molecule has 0 atom stereocenters. The number of rotatable bonds is 2. The summed E-state index contributed by atoms with van der Waals surface area (Å²) in [4.78, 5) is 14.3. The molecule has 0 aromatic carbocycles. The predicted octanol–water partition coefficient (Wildman–Crippen LogP) is 2.64. The molecular weight excluding hydrogens is 206 g/mol. The molecule has 0 bridgehead atoms. The molecule has 1 aliphatic carbocycles. The molecule has 1 saturated carbocycles. The van der Waals surface area contributed by atoms with Crippen molar-refractivity contribution in [1.29, 1.82) is 0 Å². The van der Waals surface area contributed by atoms with Gasteiger partial charge in [0.2, 0.25) is 0 Å². The van der Waals surface area contributed by atoms with Crippen LogP contribution < -0.4 is 0 Å². The standard InChI is InChI=1S/C9H10ClNOS/c1-11(6-2-3-6)9(12)7-4-5-8(10)13-7/h4-6H,2-3H2,1H3. The van der Waals surface area contributed by atoms with Crippen LogP contribution in [0.5, 0.6) is 0 Å². The number of carbonyl (C=O) groups is 1. The fourth-order valence-electron chi connectivity index (χ4n) is 1.23. The van der Waals surface area contributed by atoms with E-state index in [1.165, 1.54) is 11.3 Å². The van der Waals surface area contributed by atoms with Gasteiger partial charge in [0.1, 0.15) is 0 Å². The molecule has 70 valence electrons. The topological polar surface area (TPSA) is 20.3 Å². The first kappa shape index (κ1) is 9.03. The van der Waals surface area contributed by atoms with E-state index in [1.807, 2.05) is 11.9 Å². The molecule has 0 aliphatic heterocycles. The Labute approximate surface area is 86.1 Å². The largest absolute Gasteiger partial charge is 0.338 e. The van der Waals surface area contributed by atoms with Gasteiger partial charge in [-0.1, -0.05) is 11.6 Å². The van der Waals surface area contributed by atoms with E-state index in [-0.39, 0.29) is 5.91 Å². The number of hydrogen-bond donors (Lipinski definition) is 0. The van der Waals surface area contributed by atoms with Crippen molar-refractivity contribution < 1.29 is 4.79 Å². The highest BCUT2D eigenvalue weighted by Crippen LogP contribution is 2.29. The first-order valence-corrected chi connectivity index (χ1v) is 5.40. The molecule has 0 saturated heterocycles. The second-order valence-corrected chi connectivity index (χ2v) is 4.97. The van der Waals surface area contributed by atoms with Gasteiger partial charge in [0, 0.05) is 13.1 Å². The Morgan fingerprint density at radius 3 is 2.77 bits per heavy atom. The average molecular weight is 216 g/mol. The summed E-state index contributed by atoms with van der Waals surface area (Å²) in [5.41, 5.74) is 0.